The lowest BCUT2D eigenvalue weighted by Gasteiger charge is -2.27. The average Bonchev–Trinajstić information content (AvgIpc) is 2.29. The predicted octanol–water partition coefficient (Wildman–Crippen LogP) is 1.08. The van der Waals surface area contributed by atoms with Crippen molar-refractivity contribution in [3.8, 4) is 0 Å². The monoisotopic (exact) mass is 225 g/mol. The lowest BCUT2D eigenvalue weighted by atomic mass is 9.99. The van der Waals surface area contributed by atoms with Crippen LogP contribution in [-0.4, -0.2) is 23.0 Å². The molecule has 0 radical (unpaired) electrons. The quantitative estimate of drug-likeness (QED) is 0.805. The van der Waals surface area contributed by atoms with Gasteiger partial charge in [0.05, 0.1) is 6.20 Å². The van der Waals surface area contributed by atoms with Crippen LogP contribution in [0.4, 0.5) is 4.39 Å². The molecule has 1 rings (SSSR count). The summed E-state index contributed by atoms with van der Waals surface area (Å²) >= 11 is 0. The van der Waals surface area contributed by atoms with Crippen molar-refractivity contribution in [1.82, 2.24) is 10.3 Å². The topological polar surface area (TPSA) is 68.0 Å². The van der Waals surface area contributed by atoms with Gasteiger partial charge in [0.15, 0.2) is 0 Å². The Labute approximate surface area is 94.1 Å². The fourth-order valence-corrected chi connectivity index (χ4v) is 1.13. The molecule has 0 aliphatic rings. The number of carbonyl (C=O) groups is 1. The smallest absolute Gasteiger partial charge is 0.270 e. The first-order valence-electron chi connectivity index (χ1n) is 5.15. The molecule has 1 unspecified atom stereocenters. The van der Waals surface area contributed by atoms with Crippen LogP contribution in [0, 0.1) is 5.82 Å². The van der Waals surface area contributed by atoms with E-state index in [0.29, 0.717) is 6.54 Å². The summed E-state index contributed by atoms with van der Waals surface area (Å²) in [6.07, 6.45) is 1.73. The van der Waals surface area contributed by atoms with Crippen molar-refractivity contribution in [1.29, 1.82) is 0 Å². The SMILES string of the molecule is CCC(C)(CN)NC(=O)c1ccc(F)cn1. The zero-order valence-electron chi connectivity index (χ0n) is 9.46. The lowest BCUT2D eigenvalue weighted by molar-refractivity contribution is 0.0901. The molecule has 1 aromatic rings. The fraction of sp³-hybridized carbons (Fsp3) is 0.455. The summed E-state index contributed by atoms with van der Waals surface area (Å²) in [5.41, 5.74) is 5.31. The first-order chi connectivity index (χ1) is 7.50. The van der Waals surface area contributed by atoms with Crippen LogP contribution in [0.3, 0.4) is 0 Å². The van der Waals surface area contributed by atoms with Gasteiger partial charge in [0.2, 0.25) is 0 Å². The summed E-state index contributed by atoms with van der Waals surface area (Å²) in [7, 11) is 0. The van der Waals surface area contributed by atoms with Crippen LogP contribution in [-0.2, 0) is 0 Å². The third-order valence-electron chi connectivity index (χ3n) is 2.61. The highest BCUT2D eigenvalue weighted by molar-refractivity contribution is 5.92. The largest absolute Gasteiger partial charge is 0.344 e. The second-order valence-corrected chi connectivity index (χ2v) is 3.93. The van der Waals surface area contributed by atoms with Gasteiger partial charge in [-0.25, -0.2) is 9.37 Å². The van der Waals surface area contributed by atoms with E-state index in [0.717, 1.165) is 12.6 Å². The molecule has 1 heterocycles. The first kappa shape index (κ1) is 12.6. The van der Waals surface area contributed by atoms with E-state index >= 15 is 0 Å². The summed E-state index contributed by atoms with van der Waals surface area (Å²) in [6, 6.07) is 2.55. The number of hydrogen-bond acceptors (Lipinski definition) is 3. The Bertz CT molecular complexity index is 360. The van der Waals surface area contributed by atoms with Crippen molar-refractivity contribution in [2.45, 2.75) is 25.8 Å². The molecule has 0 aliphatic carbocycles. The molecular weight excluding hydrogens is 209 g/mol. The van der Waals surface area contributed by atoms with Gasteiger partial charge in [-0.1, -0.05) is 6.92 Å². The number of carbonyl (C=O) groups excluding carboxylic acids is 1. The second-order valence-electron chi connectivity index (χ2n) is 3.93. The zero-order valence-corrected chi connectivity index (χ0v) is 9.46. The van der Waals surface area contributed by atoms with Crippen molar-refractivity contribution in [2.75, 3.05) is 6.54 Å². The van der Waals surface area contributed by atoms with Crippen LogP contribution in [0.2, 0.25) is 0 Å². The number of pyridine rings is 1. The molecule has 0 saturated heterocycles. The Hall–Kier alpha value is -1.49. The van der Waals surface area contributed by atoms with Gasteiger partial charge in [-0.3, -0.25) is 4.79 Å². The van der Waals surface area contributed by atoms with E-state index in [9.17, 15) is 9.18 Å². The van der Waals surface area contributed by atoms with Gasteiger partial charge in [-0.15, -0.1) is 0 Å². The molecule has 5 heteroatoms. The Kier molecular flexibility index (Phi) is 3.95. The van der Waals surface area contributed by atoms with Gasteiger partial charge in [0.25, 0.3) is 5.91 Å². The van der Waals surface area contributed by atoms with E-state index in [1.807, 2.05) is 13.8 Å². The molecule has 1 atom stereocenters. The minimum absolute atomic E-state index is 0.189. The number of nitrogens with two attached hydrogens (primary N) is 1. The van der Waals surface area contributed by atoms with Crippen molar-refractivity contribution >= 4 is 5.91 Å². The summed E-state index contributed by atoms with van der Waals surface area (Å²) in [4.78, 5) is 15.4. The fourth-order valence-electron chi connectivity index (χ4n) is 1.13. The normalized spacial score (nSPS) is 14.2. The highest BCUT2D eigenvalue weighted by Gasteiger charge is 2.23. The van der Waals surface area contributed by atoms with Gasteiger partial charge in [-0.05, 0) is 25.5 Å². The Balaban J connectivity index is 2.76. The molecule has 3 N–H and O–H groups in total. The minimum atomic E-state index is -0.464. The van der Waals surface area contributed by atoms with Crippen LogP contribution < -0.4 is 11.1 Å². The molecule has 16 heavy (non-hydrogen) atoms. The maximum Gasteiger partial charge on any atom is 0.270 e. The predicted molar refractivity (Wildman–Crippen MR) is 59.4 cm³/mol. The van der Waals surface area contributed by atoms with E-state index < -0.39 is 11.4 Å². The van der Waals surface area contributed by atoms with E-state index in [1.165, 1.54) is 12.1 Å². The molecule has 0 aliphatic heterocycles. The maximum absolute atomic E-state index is 12.6. The lowest BCUT2D eigenvalue weighted by Crippen LogP contribution is -2.51. The Morgan fingerprint density at radius 1 is 1.62 bits per heavy atom. The number of hydrogen-bond donors (Lipinski definition) is 2. The van der Waals surface area contributed by atoms with E-state index in [-0.39, 0.29) is 11.6 Å². The van der Waals surface area contributed by atoms with Crippen LogP contribution in [0.25, 0.3) is 0 Å². The van der Waals surface area contributed by atoms with Crippen LogP contribution >= 0.6 is 0 Å². The molecule has 4 nitrogen and oxygen atoms in total. The summed E-state index contributed by atoms with van der Waals surface area (Å²) in [5.74, 6) is -0.802. The van der Waals surface area contributed by atoms with Gasteiger partial charge in [0.1, 0.15) is 11.5 Å². The number of amides is 1. The summed E-state index contributed by atoms with van der Waals surface area (Å²) in [6.45, 7) is 4.14. The van der Waals surface area contributed by atoms with Crippen LogP contribution in [0.1, 0.15) is 30.8 Å². The standard InChI is InChI=1S/C11H16FN3O/c1-3-11(2,7-13)15-10(16)9-5-4-8(12)6-14-9/h4-6H,3,7,13H2,1-2H3,(H,15,16). The maximum atomic E-state index is 12.6. The molecule has 88 valence electrons. The molecule has 0 bridgehead atoms. The minimum Gasteiger partial charge on any atom is -0.344 e. The molecule has 1 aromatic heterocycles. The molecular formula is C11H16FN3O. The highest BCUT2D eigenvalue weighted by atomic mass is 19.1. The van der Waals surface area contributed by atoms with E-state index in [2.05, 4.69) is 10.3 Å². The molecule has 0 fully saturated rings. The third kappa shape index (κ3) is 3.00. The Morgan fingerprint density at radius 3 is 2.75 bits per heavy atom. The molecule has 0 aromatic carbocycles. The molecule has 0 spiro atoms. The third-order valence-corrected chi connectivity index (χ3v) is 2.61. The number of rotatable bonds is 4. The number of nitrogens with one attached hydrogen (secondary N) is 1. The van der Waals surface area contributed by atoms with Gasteiger partial charge in [0, 0.05) is 12.1 Å². The zero-order chi connectivity index (χ0) is 12.2. The molecule has 0 saturated carbocycles. The van der Waals surface area contributed by atoms with Crippen molar-refractivity contribution in [3.05, 3.63) is 29.8 Å². The Morgan fingerprint density at radius 2 is 2.31 bits per heavy atom. The van der Waals surface area contributed by atoms with Gasteiger partial charge < -0.3 is 11.1 Å². The highest BCUT2D eigenvalue weighted by Crippen LogP contribution is 2.08. The number of nitrogens with zero attached hydrogens (tertiary/aromatic N) is 1. The average molecular weight is 225 g/mol. The van der Waals surface area contributed by atoms with Crippen LogP contribution in [0.15, 0.2) is 18.3 Å². The second kappa shape index (κ2) is 5.03. The summed E-state index contributed by atoms with van der Waals surface area (Å²) in [5, 5.41) is 2.78. The van der Waals surface area contributed by atoms with Crippen LogP contribution in [0.5, 0.6) is 0 Å². The number of aromatic nitrogens is 1. The summed E-state index contributed by atoms with van der Waals surface area (Å²) < 4.78 is 12.6. The van der Waals surface area contributed by atoms with Crippen molar-refractivity contribution in [2.24, 2.45) is 5.73 Å². The molecule has 1 amide bonds. The van der Waals surface area contributed by atoms with Crippen molar-refractivity contribution < 1.29 is 9.18 Å². The van der Waals surface area contributed by atoms with E-state index in [1.54, 1.807) is 0 Å². The first-order valence-corrected chi connectivity index (χ1v) is 5.15. The van der Waals surface area contributed by atoms with Gasteiger partial charge in [-0.2, -0.15) is 0 Å². The number of halogens is 1. The van der Waals surface area contributed by atoms with Crippen molar-refractivity contribution in [3.63, 3.8) is 0 Å². The van der Waals surface area contributed by atoms with E-state index in [4.69, 9.17) is 5.73 Å². The van der Waals surface area contributed by atoms with Gasteiger partial charge >= 0.3 is 0 Å².